The van der Waals surface area contributed by atoms with E-state index in [-0.39, 0.29) is 24.0 Å². The number of carbonyl (C=O) groups is 2. The molecule has 150 valence electrons. The van der Waals surface area contributed by atoms with Gasteiger partial charge >= 0.3 is 5.97 Å². The number of aryl methyl sites for hydroxylation is 1. The van der Waals surface area contributed by atoms with E-state index in [9.17, 15) is 14.4 Å². The Bertz CT molecular complexity index is 1090. The first-order valence-electron chi connectivity index (χ1n) is 9.51. The highest BCUT2D eigenvalue weighted by atomic mass is 16.5. The summed E-state index contributed by atoms with van der Waals surface area (Å²) in [6, 6.07) is 11.8. The fourth-order valence-corrected chi connectivity index (χ4v) is 2.89. The number of nitrogens with one attached hydrogen (secondary N) is 1. The number of nitrogens with zero attached hydrogens (tertiary/aromatic N) is 2. The van der Waals surface area contributed by atoms with Crippen molar-refractivity contribution in [1.82, 2.24) is 9.55 Å². The minimum Gasteiger partial charge on any atom is -0.462 e. The molecule has 0 saturated carbocycles. The Hall–Kier alpha value is -3.48. The van der Waals surface area contributed by atoms with E-state index in [1.54, 1.807) is 36.4 Å². The number of anilines is 1. The second-order valence-corrected chi connectivity index (χ2v) is 6.76. The molecule has 29 heavy (non-hydrogen) atoms. The number of aromatic nitrogens is 2. The van der Waals surface area contributed by atoms with Crippen LogP contribution < -0.4 is 10.9 Å². The lowest BCUT2D eigenvalue weighted by molar-refractivity contribution is -0.116. The summed E-state index contributed by atoms with van der Waals surface area (Å²) in [6.45, 7) is 4.14. The highest BCUT2D eigenvalue weighted by Gasteiger charge is 2.11. The third-order valence-electron chi connectivity index (χ3n) is 4.50. The normalized spacial score (nSPS) is 10.7. The van der Waals surface area contributed by atoms with Crippen molar-refractivity contribution in [3.8, 4) is 0 Å². The van der Waals surface area contributed by atoms with E-state index in [0.717, 1.165) is 18.4 Å². The van der Waals surface area contributed by atoms with Crippen LogP contribution in [0.4, 0.5) is 5.69 Å². The van der Waals surface area contributed by atoms with Gasteiger partial charge in [-0.25, -0.2) is 9.78 Å². The Labute approximate surface area is 168 Å². The maximum Gasteiger partial charge on any atom is 0.338 e. The maximum atomic E-state index is 12.6. The Balaban J connectivity index is 1.65. The molecule has 3 aromatic rings. The van der Waals surface area contributed by atoms with Crippen LogP contribution in [0.1, 0.15) is 35.7 Å². The number of ether oxygens (including phenoxy) is 1. The third-order valence-corrected chi connectivity index (χ3v) is 4.50. The van der Waals surface area contributed by atoms with Crippen LogP contribution in [-0.2, 0) is 16.1 Å². The van der Waals surface area contributed by atoms with Crippen molar-refractivity contribution in [2.45, 2.75) is 33.2 Å². The summed E-state index contributed by atoms with van der Waals surface area (Å²) >= 11 is 0. The number of hydrogen-bond acceptors (Lipinski definition) is 5. The molecule has 0 aliphatic rings. The smallest absolute Gasteiger partial charge is 0.338 e. The number of esters is 1. The summed E-state index contributed by atoms with van der Waals surface area (Å²) in [5, 5.41) is 3.19. The lowest BCUT2D eigenvalue weighted by Gasteiger charge is -2.09. The zero-order valence-electron chi connectivity index (χ0n) is 16.5. The molecule has 0 spiro atoms. The number of para-hydroxylation sites is 1. The lowest BCUT2D eigenvalue weighted by atomic mass is 10.1. The molecule has 1 aromatic heterocycles. The molecule has 3 rings (SSSR count). The fourth-order valence-electron chi connectivity index (χ4n) is 2.89. The molecule has 1 heterocycles. The van der Waals surface area contributed by atoms with Gasteiger partial charge in [0.15, 0.2) is 0 Å². The van der Waals surface area contributed by atoms with Crippen LogP contribution in [-0.4, -0.2) is 28.0 Å². The zero-order valence-corrected chi connectivity index (χ0v) is 16.5. The number of benzene rings is 2. The van der Waals surface area contributed by atoms with Crippen LogP contribution >= 0.6 is 0 Å². The largest absolute Gasteiger partial charge is 0.462 e. The Morgan fingerprint density at radius 1 is 1.14 bits per heavy atom. The molecule has 2 aromatic carbocycles. The van der Waals surface area contributed by atoms with Crippen molar-refractivity contribution >= 4 is 28.5 Å². The number of unbranched alkanes of at least 4 members (excludes halogenated alkanes) is 1. The van der Waals surface area contributed by atoms with Crippen molar-refractivity contribution in [2.75, 3.05) is 11.9 Å². The summed E-state index contributed by atoms with van der Waals surface area (Å²) in [5.41, 5.74) is 2.22. The van der Waals surface area contributed by atoms with Gasteiger partial charge in [0, 0.05) is 5.69 Å². The molecule has 7 nitrogen and oxygen atoms in total. The quantitative estimate of drug-likeness (QED) is 0.491. The number of amides is 1. The molecule has 0 saturated heterocycles. The molecule has 0 unspecified atom stereocenters. The van der Waals surface area contributed by atoms with Crippen LogP contribution in [0.2, 0.25) is 0 Å². The van der Waals surface area contributed by atoms with Gasteiger partial charge < -0.3 is 10.1 Å². The lowest BCUT2D eigenvalue weighted by Crippen LogP contribution is -2.28. The first-order valence-corrected chi connectivity index (χ1v) is 9.51. The van der Waals surface area contributed by atoms with Crippen LogP contribution in [0.25, 0.3) is 10.9 Å². The number of rotatable bonds is 7. The first kappa shape index (κ1) is 20.3. The molecular weight excluding hydrogens is 370 g/mol. The Morgan fingerprint density at radius 3 is 2.62 bits per heavy atom. The maximum absolute atomic E-state index is 12.6. The predicted octanol–water partition coefficient (Wildman–Crippen LogP) is 3.30. The van der Waals surface area contributed by atoms with Gasteiger partial charge in [0.25, 0.3) is 5.56 Å². The molecule has 1 amide bonds. The van der Waals surface area contributed by atoms with Gasteiger partial charge in [-0.05, 0) is 49.2 Å². The Kier molecular flexibility index (Phi) is 6.39. The number of carbonyl (C=O) groups excluding carboxylic acids is 2. The van der Waals surface area contributed by atoms with Crippen molar-refractivity contribution < 1.29 is 14.3 Å². The van der Waals surface area contributed by atoms with E-state index in [1.165, 1.54) is 10.9 Å². The topological polar surface area (TPSA) is 90.3 Å². The highest BCUT2D eigenvalue weighted by molar-refractivity contribution is 5.93. The molecule has 7 heteroatoms. The van der Waals surface area contributed by atoms with Gasteiger partial charge in [0.05, 0.1) is 29.4 Å². The summed E-state index contributed by atoms with van der Waals surface area (Å²) in [7, 11) is 0. The van der Waals surface area contributed by atoms with Crippen molar-refractivity contribution in [3.05, 3.63) is 70.3 Å². The highest BCUT2D eigenvalue weighted by Crippen LogP contribution is 2.13. The molecule has 0 aliphatic carbocycles. The average molecular weight is 393 g/mol. The van der Waals surface area contributed by atoms with E-state index < -0.39 is 0 Å². The van der Waals surface area contributed by atoms with Crippen molar-refractivity contribution in [3.63, 3.8) is 0 Å². The Morgan fingerprint density at radius 2 is 1.90 bits per heavy atom. The molecule has 0 fully saturated rings. The van der Waals surface area contributed by atoms with Gasteiger partial charge in [-0.1, -0.05) is 25.5 Å². The zero-order chi connectivity index (χ0) is 20.8. The fraction of sp³-hybridized carbons (Fsp3) is 0.273. The standard InChI is InChI=1S/C22H23N3O4/c1-3-4-12-29-22(28)16-8-10-17(11-9-16)24-19(26)13-25-14-23-20-15(2)6-5-7-18(20)21(25)27/h5-11,14H,3-4,12-13H2,1-2H3,(H,24,26). The SMILES string of the molecule is CCCCOC(=O)c1ccc(NC(=O)Cn2cnc3c(C)cccc3c2=O)cc1. The van der Waals surface area contributed by atoms with Crippen LogP contribution in [0.5, 0.6) is 0 Å². The van der Waals surface area contributed by atoms with Crippen molar-refractivity contribution in [2.24, 2.45) is 0 Å². The van der Waals surface area contributed by atoms with Gasteiger partial charge in [-0.3, -0.25) is 14.2 Å². The summed E-state index contributed by atoms with van der Waals surface area (Å²) < 4.78 is 6.43. The van der Waals surface area contributed by atoms with Crippen LogP contribution in [0.3, 0.4) is 0 Å². The van der Waals surface area contributed by atoms with E-state index in [0.29, 0.717) is 28.8 Å². The molecule has 0 bridgehead atoms. The van der Waals surface area contributed by atoms with Gasteiger partial charge in [0.1, 0.15) is 6.54 Å². The molecule has 0 atom stereocenters. The van der Waals surface area contributed by atoms with Gasteiger partial charge in [-0.2, -0.15) is 0 Å². The number of hydrogen-bond donors (Lipinski definition) is 1. The van der Waals surface area contributed by atoms with Crippen LogP contribution in [0.15, 0.2) is 53.6 Å². The third kappa shape index (κ3) is 4.87. The molecular formula is C22H23N3O4. The summed E-state index contributed by atoms with van der Waals surface area (Å²) in [5.74, 6) is -0.750. The summed E-state index contributed by atoms with van der Waals surface area (Å²) in [6.07, 6.45) is 3.16. The van der Waals surface area contributed by atoms with Crippen LogP contribution in [0, 0.1) is 6.92 Å². The van der Waals surface area contributed by atoms with E-state index in [4.69, 9.17) is 4.74 Å². The molecule has 1 N–H and O–H groups in total. The van der Waals surface area contributed by atoms with Gasteiger partial charge in [0.2, 0.25) is 5.91 Å². The molecule has 0 radical (unpaired) electrons. The second kappa shape index (κ2) is 9.14. The first-order chi connectivity index (χ1) is 14.0. The minimum atomic E-state index is -0.389. The minimum absolute atomic E-state index is 0.156. The summed E-state index contributed by atoms with van der Waals surface area (Å²) in [4.78, 5) is 41.1. The van der Waals surface area contributed by atoms with E-state index in [2.05, 4.69) is 10.3 Å². The van der Waals surface area contributed by atoms with E-state index >= 15 is 0 Å². The van der Waals surface area contributed by atoms with Gasteiger partial charge in [-0.15, -0.1) is 0 Å². The van der Waals surface area contributed by atoms with Crippen molar-refractivity contribution in [1.29, 1.82) is 0 Å². The molecule has 0 aliphatic heterocycles. The average Bonchev–Trinajstić information content (AvgIpc) is 2.71. The number of fused-ring (bicyclic) bond motifs is 1. The van der Waals surface area contributed by atoms with E-state index in [1.807, 2.05) is 19.9 Å². The second-order valence-electron chi connectivity index (χ2n) is 6.76. The monoisotopic (exact) mass is 393 g/mol. The predicted molar refractivity (Wildman–Crippen MR) is 111 cm³/mol.